The number of hydrogen-bond donors (Lipinski definition) is 1. The summed E-state index contributed by atoms with van der Waals surface area (Å²) in [6, 6.07) is 15.6. The number of nitrogens with zero attached hydrogens (tertiary/aromatic N) is 2. The average molecular weight is 408 g/mol. The first-order valence-electron chi connectivity index (χ1n) is 10.1. The lowest BCUT2D eigenvalue weighted by atomic mass is 9.95. The quantitative estimate of drug-likeness (QED) is 0.412. The Morgan fingerprint density at radius 3 is 2.33 bits per heavy atom. The number of likely N-dealkylation sites (tertiary alicyclic amines) is 1. The third-order valence-electron chi connectivity index (χ3n) is 5.04. The number of amides is 1. The molecule has 1 aliphatic rings. The van der Waals surface area contributed by atoms with Gasteiger partial charge in [0.25, 0.3) is 11.7 Å². The van der Waals surface area contributed by atoms with Crippen LogP contribution in [0.2, 0.25) is 0 Å². The number of rotatable bonds is 8. The Morgan fingerprint density at radius 2 is 1.73 bits per heavy atom. The van der Waals surface area contributed by atoms with E-state index in [2.05, 4.69) is 0 Å². The van der Waals surface area contributed by atoms with Gasteiger partial charge in [-0.15, -0.1) is 0 Å². The number of ketones is 1. The van der Waals surface area contributed by atoms with Crippen molar-refractivity contribution in [2.75, 3.05) is 33.8 Å². The van der Waals surface area contributed by atoms with Gasteiger partial charge in [0, 0.05) is 18.7 Å². The fraction of sp³-hybridized carbons (Fsp3) is 0.333. The summed E-state index contributed by atoms with van der Waals surface area (Å²) in [5.41, 5.74) is 1.39. The Morgan fingerprint density at radius 1 is 1.07 bits per heavy atom. The smallest absolute Gasteiger partial charge is 0.295 e. The molecule has 3 rings (SSSR count). The summed E-state index contributed by atoms with van der Waals surface area (Å²) in [7, 11) is 3.82. The van der Waals surface area contributed by atoms with Crippen molar-refractivity contribution in [2.24, 2.45) is 0 Å². The van der Waals surface area contributed by atoms with E-state index in [4.69, 9.17) is 4.74 Å². The molecule has 1 atom stereocenters. The third kappa shape index (κ3) is 4.54. The molecule has 30 heavy (non-hydrogen) atoms. The van der Waals surface area contributed by atoms with Gasteiger partial charge in [-0.3, -0.25) is 9.59 Å². The number of ether oxygens (including phenoxy) is 1. The van der Waals surface area contributed by atoms with E-state index in [9.17, 15) is 14.7 Å². The van der Waals surface area contributed by atoms with Crippen molar-refractivity contribution in [3.05, 3.63) is 71.3 Å². The van der Waals surface area contributed by atoms with E-state index < -0.39 is 17.7 Å². The van der Waals surface area contributed by atoms with Crippen LogP contribution in [0.4, 0.5) is 0 Å². The summed E-state index contributed by atoms with van der Waals surface area (Å²) < 4.78 is 5.65. The van der Waals surface area contributed by atoms with Crippen molar-refractivity contribution in [3.63, 3.8) is 0 Å². The van der Waals surface area contributed by atoms with Gasteiger partial charge in [0.05, 0.1) is 18.2 Å². The minimum Gasteiger partial charge on any atom is -0.507 e. The molecule has 6 nitrogen and oxygen atoms in total. The summed E-state index contributed by atoms with van der Waals surface area (Å²) in [4.78, 5) is 29.3. The molecule has 0 saturated carbocycles. The predicted molar refractivity (Wildman–Crippen MR) is 116 cm³/mol. The van der Waals surface area contributed by atoms with Gasteiger partial charge >= 0.3 is 0 Å². The maximum atomic E-state index is 12.9. The maximum absolute atomic E-state index is 12.9. The molecule has 0 radical (unpaired) electrons. The van der Waals surface area contributed by atoms with Crippen LogP contribution in [0.3, 0.4) is 0 Å². The highest BCUT2D eigenvalue weighted by atomic mass is 16.5. The normalized spacial score (nSPS) is 18.3. The van der Waals surface area contributed by atoms with Gasteiger partial charge in [-0.1, -0.05) is 49.4 Å². The molecule has 1 amide bonds. The first kappa shape index (κ1) is 21.6. The summed E-state index contributed by atoms with van der Waals surface area (Å²) in [6.45, 7) is 3.64. The lowest BCUT2D eigenvalue weighted by molar-refractivity contribution is -0.140. The zero-order chi connectivity index (χ0) is 21.7. The highest BCUT2D eigenvalue weighted by Gasteiger charge is 2.45. The minimum absolute atomic E-state index is 0.118. The molecular formula is C24H28N2O4. The number of likely N-dealkylation sites (N-methyl/N-ethyl adjacent to an activating group) is 1. The lowest BCUT2D eigenvalue weighted by Gasteiger charge is -2.26. The number of aliphatic hydroxyl groups excluding tert-OH is 1. The van der Waals surface area contributed by atoms with Gasteiger partial charge in [0.2, 0.25) is 0 Å². The van der Waals surface area contributed by atoms with E-state index in [0.717, 1.165) is 17.7 Å². The Balaban J connectivity index is 2.05. The summed E-state index contributed by atoms with van der Waals surface area (Å²) in [6.07, 6.45) is 0.906. The predicted octanol–water partition coefficient (Wildman–Crippen LogP) is 3.46. The molecule has 0 spiro atoms. The molecule has 0 aliphatic carbocycles. The first-order chi connectivity index (χ1) is 14.4. The number of hydrogen-bond acceptors (Lipinski definition) is 5. The second-order valence-electron chi connectivity index (χ2n) is 7.58. The highest BCUT2D eigenvalue weighted by molar-refractivity contribution is 6.46. The fourth-order valence-corrected chi connectivity index (χ4v) is 3.48. The number of carbonyl (C=O) groups excluding carboxylic acids is 2. The van der Waals surface area contributed by atoms with Crippen LogP contribution in [0.1, 0.15) is 30.5 Å². The molecule has 1 saturated heterocycles. The Hall–Kier alpha value is -3.12. The number of benzene rings is 2. The third-order valence-corrected chi connectivity index (χ3v) is 5.04. The van der Waals surface area contributed by atoms with Crippen LogP contribution < -0.4 is 4.74 Å². The van der Waals surface area contributed by atoms with Crippen LogP contribution in [-0.2, 0) is 9.59 Å². The van der Waals surface area contributed by atoms with Crippen LogP contribution in [0.5, 0.6) is 5.75 Å². The zero-order valence-corrected chi connectivity index (χ0v) is 17.7. The maximum Gasteiger partial charge on any atom is 0.295 e. The van der Waals surface area contributed by atoms with Gasteiger partial charge in [-0.25, -0.2) is 0 Å². The van der Waals surface area contributed by atoms with E-state index >= 15 is 0 Å². The fourth-order valence-electron chi connectivity index (χ4n) is 3.48. The molecule has 0 aromatic heterocycles. The number of aliphatic hydroxyl groups is 1. The Kier molecular flexibility index (Phi) is 6.90. The van der Waals surface area contributed by atoms with Crippen molar-refractivity contribution in [2.45, 2.75) is 19.4 Å². The molecule has 0 bridgehead atoms. The topological polar surface area (TPSA) is 70.1 Å². The largest absolute Gasteiger partial charge is 0.507 e. The van der Waals surface area contributed by atoms with Crippen LogP contribution >= 0.6 is 0 Å². The lowest BCUT2D eigenvalue weighted by Crippen LogP contribution is -2.35. The van der Waals surface area contributed by atoms with Crippen LogP contribution in [-0.4, -0.2) is 60.4 Å². The molecule has 1 aliphatic heterocycles. The van der Waals surface area contributed by atoms with Crippen LogP contribution in [0, 0.1) is 0 Å². The van der Waals surface area contributed by atoms with Crippen molar-refractivity contribution in [1.29, 1.82) is 0 Å². The van der Waals surface area contributed by atoms with E-state index in [1.165, 1.54) is 0 Å². The minimum atomic E-state index is -0.661. The van der Waals surface area contributed by atoms with E-state index in [-0.39, 0.29) is 11.3 Å². The van der Waals surface area contributed by atoms with Crippen molar-refractivity contribution in [1.82, 2.24) is 9.80 Å². The summed E-state index contributed by atoms with van der Waals surface area (Å²) in [5.74, 6) is -0.677. The summed E-state index contributed by atoms with van der Waals surface area (Å²) in [5, 5.41) is 11.0. The highest BCUT2D eigenvalue weighted by Crippen LogP contribution is 2.39. The Bertz CT molecular complexity index is 920. The van der Waals surface area contributed by atoms with Crippen molar-refractivity contribution in [3.8, 4) is 5.75 Å². The molecule has 6 heteroatoms. The standard InChI is InChI=1S/C24H28N2O4/c1-4-16-30-19-12-10-17(11-13-19)21-20(22(27)18-8-6-5-7-9-18)23(28)24(29)26(21)15-14-25(2)3/h5-13,21,27H,4,14-16H2,1-3H3/b22-20+/t21-/m1/s1. The second kappa shape index (κ2) is 9.59. The second-order valence-corrected chi connectivity index (χ2v) is 7.58. The van der Waals surface area contributed by atoms with E-state index in [1.807, 2.05) is 56.3 Å². The molecule has 2 aromatic carbocycles. The Labute approximate surface area is 177 Å². The van der Waals surface area contributed by atoms with Crippen molar-refractivity contribution < 1.29 is 19.4 Å². The van der Waals surface area contributed by atoms with Crippen LogP contribution in [0.15, 0.2) is 60.2 Å². The number of carbonyl (C=O) groups is 2. The van der Waals surface area contributed by atoms with Gasteiger partial charge in [-0.2, -0.15) is 0 Å². The van der Waals surface area contributed by atoms with E-state index in [0.29, 0.717) is 25.3 Å². The average Bonchev–Trinajstić information content (AvgIpc) is 3.01. The van der Waals surface area contributed by atoms with Gasteiger partial charge < -0.3 is 19.6 Å². The first-order valence-corrected chi connectivity index (χ1v) is 10.1. The zero-order valence-electron chi connectivity index (χ0n) is 17.7. The van der Waals surface area contributed by atoms with Crippen molar-refractivity contribution >= 4 is 17.4 Å². The molecule has 1 fully saturated rings. The SMILES string of the molecule is CCCOc1ccc([C@@H]2/C(=C(\O)c3ccccc3)C(=O)C(=O)N2CCN(C)C)cc1. The summed E-state index contributed by atoms with van der Waals surface area (Å²) >= 11 is 0. The molecule has 1 N–H and O–H groups in total. The number of Topliss-reactive ketones (excluding diaryl/α,β-unsaturated/α-hetero) is 1. The van der Waals surface area contributed by atoms with Gasteiger partial charge in [0.15, 0.2) is 0 Å². The van der Waals surface area contributed by atoms with E-state index in [1.54, 1.807) is 29.2 Å². The molecular weight excluding hydrogens is 380 g/mol. The van der Waals surface area contributed by atoms with Gasteiger partial charge in [0.1, 0.15) is 11.5 Å². The molecule has 158 valence electrons. The molecule has 2 aromatic rings. The monoisotopic (exact) mass is 408 g/mol. The van der Waals surface area contributed by atoms with Crippen LogP contribution in [0.25, 0.3) is 5.76 Å². The van der Waals surface area contributed by atoms with Gasteiger partial charge in [-0.05, 0) is 38.2 Å². The molecule has 1 heterocycles. The molecule has 0 unspecified atom stereocenters.